The number of carbonyl (C=O) groups is 1. The molecule has 1 atom stereocenters. The highest BCUT2D eigenvalue weighted by Gasteiger charge is 2.22. The average molecular weight is 421 g/mol. The summed E-state index contributed by atoms with van der Waals surface area (Å²) in [6.45, 7) is 14.1. The fourth-order valence-corrected chi connectivity index (χ4v) is 3.40. The van der Waals surface area contributed by atoms with E-state index in [2.05, 4.69) is 37.2 Å². The van der Waals surface area contributed by atoms with Crippen molar-refractivity contribution < 1.29 is 9.53 Å². The van der Waals surface area contributed by atoms with Crippen molar-refractivity contribution in [1.29, 1.82) is 0 Å². The first-order chi connectivity index (χ1) is 14.3. The second kappa shape index (κ2) is 10.9. The van der Waals surface area contributed by atoms with Crippen molar-refractivity contribution in [3.8, 4) is 0 Å². The zero-order valence-electron chi connectivity index (χ0n) is 17.7. The number of allylic oxidation sites excluding steroid dienone is 2. The van der Waals surface area contributed by atoms with Gasteiger partial charge in [-0.25, -0.2) is 28.1 Å². The molecule has 1 aromatic heterocycles. The standard InChI is InChI=1S/C20H31N5O5/c1-5-7-23-18(27)24(8-6-2)20(29)25(19(23)28)14-17(26)21-11-16-13-22(9-10-30-16)12-15(3)4/h5-6,15-16H,1-2,7-14H2,3-4H3,(H,21,26). The molecule has 30 heavy (non-hydrogen) atoms. The molecule has 0 aliphatic carbocycles. The lowest BCUT2D eigenvalue weighted by molar-refractivity contribution is -0.123. The molecule has 1 amide bonds. The van der Waals surface area contributed by atoms with E-state index in [1.165, 1.54) is 12.2 Å². The number of carbonyl (C=O) groups excluding carboxylic acids is 1. The van der Waals surface area contributed by atoms with Crippen LogP contribution in [0.25, 0.3) is 0 Å². The summed E-state index contributed by atoms with van der Waals surface area (Å²) in [5, 5.41) is 2.72. The van der Waals surface area contributed by atoms with Crippen LogP contribution >= 0.6 is 0 Å². The molecule has 10 heteroatoms. The van der Waals surface area contributed by atoms with Gasteiger partial charge >= 0.3 is 17.1 Å². The minimum atomic E-state index is -0.850. The van der Waals surface area contributed by atoms with Crippen molar-refractivity contribution in [2.75, 3.05) is 32.8 Å². The number of rotatable bonds is 10. The van der Waals surface area contributed by atoms with Crippen LogP contribution in [0, 0.1) is 5.92 Å². The molecule has 1 unspecified atom stereocenters. The summed E-state index contributed by atoms with van der Waals surface area (Å²) >= 11 is 0. The third kappa shape index (κ3) is 5.90. The Balaban J connectivity index is 2.12. The molecular formula is C20H31N5O5. The van der Waals surface area contributed by atoms with Crippen LogP contribution < -0.4 is 22.4 Å². The molecule has 0 bridgehead atoms. The van der Waals surface area contributed by atoms with E-state index in [-0.39, 0.29) is 25.7 Å². The minimum absolute atomic E-state index is 0.0711. The second-order valence-electron chi connectivity index (χ2n) is 7.68. The first-order valence-corrected chi connectivity index (χ1v) is 10.0. The SMILES string of the molecule is C=CCn1c(=O)n(CC=C)c(=O)n(CC(=O)NCC2CN(CC(C)C)CCO2)c1=O. The maximum Gasteiger partial charge on any atom is 0.337 e. The van der Waals surface area contributed by atoms with Crippen molar-refractivity contribution in [1.82, 2.24) is 23.9 Å². The van der Waals surface area contributed by atoms with Gasteiger partial charge in [-0.2, -0.15) is 0 Å². The van der Waals surface area contributed by atoms with Gasteiger partial charge in [0.1, 0.15) is 6.54 Å². The van der Waals surface area contributed by atoms with Crippen LogP contribution in [0.2, 0.25) is 0 Å². The highest BCUT2D eigenvalue weighted by Crippen LogP contribution is 2.07. The molecule has 1 aromatic rings. The Morgan fingerprint density at radius 3 is 2.20 bits per heavy atom. The Bertz CT molecular complexity index is 894. The number of hydrogen-bond acceptors (Lipinski definition) is 6. The van der Waals surface area contributed by atoms with Crippen molar-refractivity contribution in [3.63, 3.8) is 0 Å². The molecule has 10 nitrogen and oxygen atoms in total. The summed E-state index contributed by atoms with van der Waals surface area (Å²) in [5.74, 6) is 0.0296. The van der Waals surface area contributed by atoms with E-state index in [0.29, 0.717) is 19.1 Å². The lowest BCUT2D eigenvalue weighted by Crippen LogP contribution is -2.56. The Morgan fingerprint density at radius 1 is 1.10 bits per heavy atom. The molecule has 0 aromatic carbocycles. The van der Waals surface area contributed by atoms with Gasteiger partial charge in [-0.15, -0.1) is 13.2 Å². The van der Waals surface area contributed by atoms with Crippen LogP contribution in [0.4, 0.5) is 0 Å². The summed E-state index contributed by atoms with van der Waals surface area (Å²) in [6, 6.07) is 0. The summed E-state index contributed by atoms with van der Waals surface area (Å²) in [4.78, 5) is 52.2. The Morgan fingerprint density at radius 2 is 1.67 bits per heavy atom. The molecule has 2 rings (SSSR count). The summed E-state index contributed by atoms with van der Waals surface area (Å²) in [6.07, 6.45) is 2.59. The zero-order chi connectivity index (χ0) is 22.3. The highest BCUT2D eigenvalue weighted by atomic mass is 16.5. The van der Waals surface area contributed by atoms with Crippen molar-refractivity contribution in [2.45, 2.75) is 39.6 Å². The Labute approximate surface area is 175 Å². The summed E-state index contributed by atoms with van der Waals surface area (Å²) in [5.41, 5.74) is -2.46. The van der Waals surface area contributed by atoms with Crippen molar-refractivity contribution >= 4 is 5.91 Å². The van der Waals surface area contributed by atoms with Gasteiger partial charge in [-0.1, -0.05) is 26.0 Å². The van der Waals surface area contributed by atoms with Gasteiger partial charge in [0.05, 0.1) is 25.8 Å². The van der Waals surface area contributed by atoms with Crippen molar-refractivity contribution in [2.24, 2.45) is 5.92 Å². The third-order valence-corrected chi connectivity index (χ3v) is 4.68. The fourth-order valence-electron chi connectivity index (χ4n) is 3.40. The summed E-state index contributed by atoms with van der Waals surface area (Å²) < 4.78 is 8.16. The van der Waals surface area contributed by atoms with Gasteiger partial charge in [0, 0.05) is 26.2 Å². The molecule has 1 fully saturated rings. The van der Waals surface area contributed by atoms with E-state index < -0.39 is 29.5 Å². The van der Waals surface area contributed by atoms with E-state index in [9.17, 15) is 19.2 Å². The molecule has 0 spiro atoms. The van der Waals surface area contributed by atoms with Crippen LogP contribution in [-0.2, 0) is 29.2 Å². The molecule has 1 aliphatic rings. The fraction of sp³-hybridized carbons (Fsp3) is 0.600. The van der Waals surface area contributed by atoms with Crippen LogP contribution in [0.3, 0.4) is 0 Å². The number of ether oxygens (including phenoxy) is 1. The molecule has 0 radical (unpaired) electrons. The number of amides is 1. The quantitative estimate of drug-likeness (QED) is 0.487. The predicted molar refractivity (Wildman–Crippen MR) is 114 cm³/mol. The van der Waals surface area contributed by atoms with Crippen LogP contribution in [0.15, 0.2) is 39.7 Å². The predicted octanol–water partition coefficient (Wildman–Crippen LogP) is -0.983. The average Bonchev–Trinajstić information content (AvgIpc) is 2.70. The molecule has 1 N–H and O–H groups in total. The molecule has 166 valence electrons. The van der Waals surface area contributed by atoms with Gasteiger partial charge in [0.15, 0.2) is 0 Å². The van der Waals surface area contributed by atoms with Gasteiger partial charge in [0.2, 0.25) is 5.91 Å². The number of aromatic nitrogens is 3. The van der Waals surface area contributed by atoms with Gasteiger partial charge < -0.3 is 10.1 Å². The van der Waals surface area contributed by atoms with Gasteiger partial charge in [0.25, 0.3) is 0 Å². The topological polar surface area (TPSA) is 108 Å². The smallest absolute Gasteiger partial charge is 0.337 e. The molecular weight excluding hydrogens is 390 g/mol. The van der Waals surface area contributed by atoms with Gasteiger partial charge in [-0.05, 0) is 5.92 Å². The van der Waals surface area contributed by atoms with Gasteiger partial charge in [-0.3, -0.25) is 9.69 Å². The number of hydrogen-bond donors (Lipinski definition) is 1. The van der Waals surface area contributed by atoms with E-state index in [0.717, 1.165) is 26.8 Å². The third-order valence-electron chi connectivity index (χ3n) is 4.68. The van der Waals surface area contributed by atoms with E-state index in [1.807, 2.05) is 0 Å². The minimum Gasteiger partial charge on any atom is -0.374 e. The molecule has 0 saturated carbocycles. The van der Waals surface area contributed by atoms with Crippen LogP contribution in [0.1, 0.15) is 13.8 Å². The van der Waals surface area contributed by atoms with E-state index in [4.69, 9.17) is 4.74 Å². The lowest BCUT2D eigenvalue weighted by Gasteiger charge is -2.33. The number of nitrogens with one attached hydrogen (secondary N) is 1. The first kappa shape index (κ1) is 23.6. The molecule has 1 aliphatic heterocycles. The normalized spacial score (nSPS) is 17.1. The highest BCUT2D eigenvalue weighted by molar-refractivity contribution is 5.75. The monoisotopic (exact) mass is 421 g/mol. The molecule has 2 heterocycles. The van der Waals surface area contributed by atoms with E-state index >= 15 is 0 Å². The first-order valence-electron chi connectivity index (χ1n) is 10.0. The number of nitrogens with zero attached hydrogens (tertiary/aromatic N) is 4. The maximum absolute atomic E-state index is 12.6. The van der Waals surface area contributed by atoms with Crippen LogP contribution in [0.5, 0.6) is 0 Å². The maximum atomic E-state index is 12.6. The Kier molecular flexibility index (Phi) is 8.55. The second-order valence-corrected chi connectivity index (χ2v) is 7.68. The summed E-state index contributed by atoms with van der Waals surface area (Å²) in [7, 11) is 0. The van der Waals surface area contributed by atoms with Crippen molar-refractivity contribution in [3.05, 3.63) is 56.8 Å². The van der Waals surface area contributed by atoms with E-state index in [1.54, 1.807) is 0 Å². The largest absolute Gasteiger partial charge is 0.374 e. The molecule has 1 saturated heterocycles. The number of morpholine rings is 1. The lowest BCUT2D eigenvalue weighted by atomic mass is 10.2. The van der Waals surface area contributed by atoms with Crippen LogP contribution in [-0.4, -0.2) is 63.4 Å². The zero-order valence-corrected chi connectivity index (χ0v) is 17.7. The Hall–Kier alpha value is -2.72.